The minimum atomic E-state index is -3.51. The smallest absolute Gasteiger partial charge is 0.411 e. The van der Waals surface area contributed by atoms with Gasteiger partial charge in [-0.05, 0) is 99.5 Å². The summed E-state index contributed by atoms with van der Waals surface area (Å²) in [6, 6.07) is 16.5. The highest BCUT2D eigenvalue weighted by Crippen LogP contribution is 2.37. The van der Waals surface area contributed by atoms with Gasteiger partial charge in [0.05, 0.1) is 41.2 Å². The number of nitrogens with two attached hydrogens (primary N) is 1. The van der Waals surface area contributed by atoms with E-state index in [1.807, 2.05) is 5.01 Å². The maximum absolute atomic E-state index is 14.3. The van der Waals surface area contributed by atoms with Crippen LogP contribution in [0.2, 0.25) is 29.2 Å². The first-order valence-corrected chi connectivity index (χ1v) is 33.6. The fourth-order valence-corrected chi connectivity index (χ4v) is 16.0. The number of primary amides is 1. The molecule has 27 heteroatoms. The van der Waals surface area contributed by atoms with E-state index in [1.54, 1.807) is 52.1 Å². The van der Waals surface area contributed by atoms with Gasteiger partial charge in [-0.3, -0.25) is 38.8 Å². The molecule has 0 spiro atoms. The third-order valence-electron chi connectivity index (χ3n) is 15.8. The topological polar surface area (TPSA) is 265 Å². The molecule has 0 radical (unpaired) electrons. The number of hydrazine groups is 1. The Hall–Kier alpha value is -7.71. The minimum Gasteiger partial charge on any atom is -0.449 e. The van der Waals surface area contributed by atoms with E-state index < -0.39 is 82.5 Å². The molecule has 7 amide bonds. The van der Waals surface area contributed by atoms with Crippen molar-refractivity contribution in [1.82, 2.24) is 34.7 Å². The molecule has 2 aliphatic carbocycles. The summed E-state index contributed by atoms with van der Waals surface area (Å²) >= 11 is 11.7. The number of hydrogen-bond donors (Lipinski definition) is 4. The first-order valence-electron chi connectivity index (χ1n) is 27.7. The average Bonchev–Trinajstić information content (AvgIpc) is 1.88. The van der Waals surface area contributed by atoms with Gasteiger partial charge in [0.2, 0.25) is 17.7 Å². The molecule has 3 aliphatic heterocycles. The number of fused-ring (bicyclic) bond motifs is 3. The number of hydrogen-bond acceptors (Lipinski definition) is 12. The van der Waals surface area contributed by atoms with Crippen LogP contribution in [0.3, 0.4) is 0 Å². The molecule has 0 bridgehead atoms. The Balaban J connectivity index is 0.000000189. The van der Waals surface area contributed by atoms with Crippen LogP contribution in [0.25, 0.3) is 21.8 Å². The molecule has 2 saturated carbocycles. The van der Waals surface area contributed by atoms with E-state index >= 15 is 0 Å². The van der Waals surface area contributed by atoms with Gasteiger partial charge < -0.3 is 30.6 Å². The van der Waals surface area contributed by atoms with Crippen LogP contribution in [0.15, 0.2) is 85.2 Å². The molecule has 6 aromatic rings. The standard InChI is InChI=1S/C30H33ClFN3O6SSi.C28H29ClFN7O5/c1-18(36)23-13-34(25-10-7-19(11-22(23)25)27(37)15-42(40,41)21-8-9-21)14-28(38)35-17-43(2,3)16-26(35)30(39)33-12-20-5-4-6-24(31)29(20)32;29-20-3-1-2-17(24(20)30)13-32-25(38)21-8-9-34-10-11-35(28(41)37(21)34)23-14-36(26(31)39)22-12-18(6-7-19(22)23)33-27(40)42-15-16-4-5-16/h4-7,10-11,13,21,26H,8-9,12,14-17H2,1-3H3,(H,33,39);1-3,6-7,12,14,16,21H,4-5,8-11,13,15H2,(H2,31,39)(H,32,38)(H,33,40)/t26-;21-/m00/s1. The monoisotopic (exact) mass is 1240 g/mol. The molecule has 5 fully saturated rings. The molecule has 4 aromatic carbocycles. The number of nitrogens with zero attached hydrogens (tertiary/aromatic N) is 6. The Labute approximate surface area is 498 Å². The van der Waals surface area contributed by atoms with Gasteiger partial charge in [0.15, 0.2) is 21.4 Å². The van der Waals surface area contributed by atoms with Crippen LogP contribution in [0.5, 0.6) is 0 Å². The van der Waals surface area contributed by atoms with Gasteiger partial charge in [-0.2, -0.15) is 0 Å². The number of carbonyl (C=O) groups is 8. The van der Waals surface area contributed by atoms with Crippen molar-refractivity contribution in [2.24, 2.45) is 11.7 Å². The molecule has 5 aliphatic rings. The number of Topliss-reactive ketones (excluding diaryl/α,β-unsaturated/α-hetero) is 2. The van der Waals surface area contributed by atoms with E-state index in [9.17, 15) is 55.6 Å². The molecule has 448 valence electrons. The Morgan fingerprint density at radius 1 is 0.776 bits per heavy atom. The molecule has 2 aromatic heterocycles. The van der Waals surface area contributed by atoms with Crippen molar-refractivity contribution in [2.75, 3.05) is 48.4 Å². The fourth-order valence-electron chi connectivity index (χ4n) is 11.1. The summed E-state index contributed by atoms with van der Waals surface area (Å²) in [7, 11) is -5.45. The number of ketones is 2. The lowest BCUT2D eigenvalue weighted by atomic mass is 10.1. The second kappa shape index (κ2) is 24.3. The van der Waals surface area contributed by atoms with Crippen molar-refractivity contribution >= 4 is 122 Å². The first kappa shape index (κ1) is 60.4. The number of urea groups is 1. The quantitative estimate of drug-likeness (QED) is 0.0499. The number of aromatic nitrogens is 2. The highest BCUT2D eigenvalue weighted by Gasteiger charge is 2.47. The Morgan fingerprint density at radius 3 is 2.06 bits per heavy atom. The second-order valence-corrected chi connectivity index (χ2v) is 31.0. The van der Waals surface area contributed by atoms with Gasteiger partial charge in [-0.1, -0.05) is 60.6 Å². The predicted molar refractivity (Wildman–Crippen MR) is 317 cm³/mol. The van der Waals surface area contributed by atoms with Crippen LogP contribution in [0.4, 0.5) is 34.5 Å². The van der Waals surface area contributed by atoms with Crippen LogP contribution in [0.1, 0.15) is 70.9 Å². The van der Waals surface area contributed by atoms with Gasteiger partial charge in [0.25, 0.3) is 0 Å². The third-order valence-corrected chi connectivity index (χ3v) is 21.3. The zero-order valence-electron chi connectivity index (χ0n) is 46.7. The average molecular weight is 1240 g/mol. The molecule has 5 N–H and O–H groups in total. The van der Waals surface area contributed by atoms with Crippen LogP contribution in [0, 0.1) is 17.6 Å². The van der Waals surface area contributed by atoms with Gasteiger partial charge >= 0.3 is 18.2 Å². The molecule has 5 heterocycles. The lowest BCUT2D eigenvalue weighted by Crippen LogP contribution is -2.61. The van der Waals surface area contributed by atoms with Gasteiger partial charge in [0, 0.05) is 95.5 Å². The SMILES string of the molecule is CC(=O)c1cn(CC(=O)N2C[Si](C)(C)C[C@H]2C(=O)NCc2cccc(Cl)c2F)c2ccc(C(=O)CS(=O)(=O)C3CC3)cc12.NC(=O)n1cc(N2CCN3CC[C@@H](C(=O)NCc4cccc(Cl)c4F)N3C2=O)c2ccc(NC(=O)OCC3CC3)cc21. The number of sulfone groups is 1. The molecule has 0 unspecified atom stereocenters. The van der Waals surface area contributed by atoms with E-state index in [2.05, 4.69) is 29.0 Å². The lowest BCUT2D eigenvalue weighted by molar-refractivity contribution is -0.138. The zero-order chi connectivity index (χ0) is 60.8. The summed E-state index contributed by atoms with van der Waals surface area (Å²) in [5, 5.41) is 11.8. The molecule has 11 rings (SSSR count). The van der Waals surface area contributed by atoms with Crippen LogP contribution >= 0.6 is 23.2 Å². The largest absolute Gasteiger partial charge is 0.449 e. The second-order valence-electron chi connectivity index (χ2n) is 22.8. The molecular formula is C58H62Cl2F2N10O11SSi. The number of ether oxygens (including phenoxy) is 1. The van der Waals surface area contributed by atoms with Gasteiger partial charge in [-0.25, -0.2) is 41.6 Å². The number of benzene rings is 4. The normalized spacial score (nSPS) is 18.4. The number of halogens is 4. The number of rotatable bonds is 17. The van der Waals surface area contributed by atoms with Crippen molar-refractivity contribution in [2.45, 2.75) is 95.1 Å². The van der Waals surface area contributed by atoms with E-state index in [4.69, 9.17) is 33.7 Å². The van der Waals surface area contributed by atoms with E-state index in [0.29, 0.717) is 102 Å². The van der Waals surface area contributed by atoms with E-state index in [-0.39, 0.29) is 64.0 Å². The maximum Gasteiger partial charge on any atom is 0.411 e. The fraction of sp³-hybridized carbons (Fsp3) is 0.379. The molecular weight excluding hydrogens is 1180 g/mol. The lowest BCUT2D eigenvalue weighted by Gasteiger charge is -2.41. The van der Waals surface area contributed by atoms with E-state index in [1.165, 1.54) is 64.0 Å². The van der Waals surface area contributed by atoms with Crippen LogP contribution in [-0.2, 0) is 48.6 Å². The van der Waals surface area contributed by atoms with Gasteiger partial charge in [-0.15, -0.1) is 0 Å². The maximum atomic E-state index is 14.3. The van der Waals surface area contributed by atoms with Crippen molar-refractivity contribution in [1.29, 1.82) is 0 Å². The number of nitrogens with one attached hydrogen (secondary N) is 3. The molecule has 85 heavy (non-hydrogen) atoms. The van der Waals surface area contributed by atoms with Crippen LogP contribution < -0.4 is 26.6 Å². The van der Waals surface area contributed by atoms with Crippen molar-refractivity contribution < 1.29 is 60.3 Å². The van der Waals surface area contributed by atoms with Crippen molar-refractivity contribution in [3.05, 3.63) is 129 Å². The highest BCUT2D eigenvalue weighted by atomic mass is 35.5. The third kappa shape index (κ3) is 13.2. The first-order chi connectivity index (χ1) is 40.4. The van der Waals surface area contributed by atoms with Crippen molar-refractivity contribution in [3.8, 4) is 0 Å². The molecule has 21 nitrogen and oxygen atoms in total. The molecule has 2 atom stereocenters. The summed E-state index contributed by atoms with van der Waals surface area (Å²) in [6.07, 6.45) is 6.53. The zero-order valence-corrected chi connectivity index (χ0v) is 50.0. The van der Waals surface area contributed by atoms with Crippen LogP contribution in [-0.4, -0.2) is 143 Å². The highest BCUT2D eigenvalue weighted by molar-refractivity contribution is 7.93. The minimum absolute atomic E-state index is 0.0397. The number of anilines is 2. The molecule has 3 saturated heterocycles. The summed E-state index contributed by atoms with van der Waals surface area (Å²) in [6.45, 7) is 6.89. The predicted octanol–water partition coefficient (Wildman–Crippen LogP) is 8.04. The Bertz CT molecular complexity index is 3850. The summed E-state index contributed by atoms with van der Waals surface area (Å²) in [4.78, 5) is 107. The Morgan fingerprint density at radius 2 is 1.44 bits per heavy atom. The van der Waals surface area contributed by atoms with E-state index in [0.717, 1.165) is 12.8 Å². The Kier molecular flexibility index (Phi) is 17.3. The van der Waals surface area contributed by atoms with Crippen molar-refractivity contribution in [3.63, 3.8) is 0 Å². The van der Waals surface area contributed by atoms with Gasteiger partial charge in [0.1, 0.15) is 36.0 Å². The number of amides is 7. The number of carbonyl (C=O) groups excluding carboxylic acids is 8. The summed E-state index contributed by atoms with van der Waals surface area (Å²) in [5.41, 5.74) is 8.38. The summed E-state index contributed by atoms with van der Waals surface area (Å²) in [5.74, 6) is -3.30. The summed E-state index contributed by atoms with van der Waals surface area (Å²) < 4.78 is 61.4.